The van der Waals surface area contributed by atoms with Gasteiger partial charge in [-0.05, 0) is 56.2 Å². The fourth-order valence-electron chi connectivity index (χ4n) is 2.49. The average Bonchev–Trinajstić information content (AvgIpc) is 2.70. The number of nitrogens with one attached hydrogen (secondary N) is 2. The standard InChI is InChI=1S/C19H19Cl2N3O7S/c1-10-6-16(17(24(27)28)7-11(10)2)22-18(25)9-31-19(26)12(3)23-32(29,30)13-4-5-14(20)15(21)8-13/h4-8,12,23H,9H2,1-3H3,(H,22,25)/t12-/m0/s1. The number of carbonyl (C=O) groups is 2. The molecule has 10 nitrogen and oxygen atoms in total. The molecule has 2 N–H and O–H groups in total. The fourth-order valence-corrected chi connectivity index (χ4v) is 4.07. The number of nitrogens with zero attached hydrogens (tertiary/aromatic N) is 1. The molecule has 2 aromatic rings. The van der Waals surface area contributed by atoms with E-state index in [1.807, 2.05) is 0 Å². The number of hydrogen-bond acceptors (Lipinski definition) is 7. The number of sulfonamides is 1. The Labute approximate surface area is 194 Å². The third kappa shape index (κ3) is 6.39. The third-order valence-corrected chi connectivity index (χ3v) is 6.59. The first kappa shape index (κ1) is 25.5. The summed E-state index contributed by atoms with van der Waals surface area (Å²) in [6.07, 6.45) is 0. The Balaban J connectivity index is 2.00. The summed E-state index contributed by atoms with van der Waals surface area (Å²) in [5.41, 5.74) is 1.03. The van der Waals surface area contributed by atoms with Crippen LogP contribution in [0.25, 0.3) is 0 Å². The number of nitro benzene ring substituents is 1. The van der Waals surface area contributed by atoms with E-state index in [2.05, 4.69) is 10.0 Å². The Morgan fingerprint density at radius 1 is 1.12 bits per heavy atom. The highest BCUT2D eigenvalue weighted by atomic mass is 35.5. The van der Waals surface area contributed by atoms with Crippen molar-refractivity contribution in [1.82, 2.24) is 4.72 Å². The van der Waals surface area contributed by atoms with Gasteiger partial charge in [0, 0.05) is 6.07 Å². The minimum absolute atomic E-state index is 0.0156. The molecule has 0 bridgehead atoms. The molecule has 13 heteroatoms. The van der Waals surface area contributed by atoms with Crippen molar-refractivity contribution in [3.63, 3.8) is 0 Å². The van der Waals surface area contributed by atoms with Crippen LogP contribution in [0, 0.1) is 24.0 Å². The van der Waals surface area contributed by atoms with Crippen LogP contribution in [0.3, 0.4) is 0 Å². The van der Waals surface area contributed by atoms with E-state index in [4.69, 9.17) is 27.9 Å². The fraction of sp³-hybridized carbons (Fsp3) is 0.263. The molecule has 0 saturated heterocycles. The van der Waals surface area contributed by atoms with Crippen LogP contribution in [0.4, 0.5) is 11.4 Å². The quantitative estimate of drug-likeness (QED) is 0.319. The highest BCUT2D eigenvalue weighted by molar-refractivity contribution is 7.89. The summed E-state index contributed by atoms with van der Waals surface area (Å²) >= 11 is 11.6. The molecule has 0 heterocycles. The molecule has 0 spiro atoms. The number of nitro groups is 1. The van der Waals surface area contributed by atoms with Crippen molar-refractivity contribution in [2.75, 3.05) is 11.9 Å². The number of benzene rings is 2. The van der Waals surface area contributed by atoms with Gasteiger partial charge in [-0.15, -0.1) is 0 Å². The van der Waals surface area contributed by atoms with Gasteiger partial charge in [0.1, 0.15) is 11.7 Å². The number of halogens is 2. The molecule has 0 fully saturated rings. The lowest BCUT2D eigenvalue weighted by Gasteiger charge is -2.14. The van der Waals surface area contributed by atoms with Gasteiger partial charge in [0.05, 0.1) is 19.9 Å². The highest BCUT2D eigenvalue weighted by Gasteiger charge is 2.25. The Morgan fingerprint density at radius 2 is 1.75 bits per heavy atom. The van der Waals surface area contributed by atoms with Crippen LogP contribution in [0.15, 0.2) is 35.2 Å². The zero-order chi connectivity index (χ0) is 24.2. The van der Waals surface area contributed by atoms with Crippen molar-refractivity contribution in [1.29, 1.82) is 0 Å². The zero-order valence-corrected chi connectivity index (χ0v) is 19.5. The van der Waals surface area contributed by atoms with E-state index in [9.17, 15) is 28.1 Å². The van der Waals surface area contributed by atoms with Gasteiger partial charge in [-0.25, -0.2) is 8.42 Å². The number of ether oxygens (including phenoxy) is 1. The van der Waals surface area contributed by atoms with Crippen molar-refractivity contribution in [2.24, 2.45) is 0 Å². The van der Waals surface area contributed by atoms with E-state index in [1.54, 1.807) is 13.8 Å². The first-order valence-corrected chi connectivity index (χ1v) is 11.2. The van der Waals surface area contributed by atoms with Crippen LogP contribution in [0.5, 0.6) is 0 Å². The zero-order valence-electron chi connectivity index (χ0n) is 17.1. The normalized spacial score (nSPS) is 12.2. The Bertz CT molecular complexity index is 1190. The Hall–Kier alpha value is -2.73. The second-order valence-electron chi connectivity index (χ2n) is 6.79. The maximum atomic E-state index is 12.4. The van der Waals surface area contributed by atoms with Crippen LogP contribution in [0.2, 0.25) is 10.0 Å². The highest BCUT2D eigenvalue weighted by Crippen LogP contribution is 2.28. The predicted molar refractivity (Wildman–Crippen MR) is 118 cm³/mol. The van der Waals surface area contributed by atoms with Crippen molar-refractivity contribution in [3.8, 4) is 0 Å². The summed E-state index contributed by atoms with van der Waals surface area (Å²) in [5, 5.41) is 13.7. The van der Waals surface area contributed by atoms with E-state index >= 15 is 0 Å². The predicted octanol–water partition coefficient (Wildman–Crippen LogP) is 3.37. The summed E-state index contributed by atoms with van der Waals surface area (Å²) in [4.78, 5) is 34.6. The molecule has 0 aliphatic carbocycles. The van der Waals surface area contributed by atoms with Gasteiger partial charge >= 0.3 is 5.97 Å². The monoisotopic (exact) mass is 503 g/mol. The van der Waals surface area contributed by atoms with Crippen molar-refractivity contribution in [3.05, 3.63) is 61.6 Å². The van der Waals surface area contributed by atoms with Gasteiger partial charge < -0.3 is 10.1 Å². The molecule has 1 amide bonds. The summed E-state index contributed by atoms with van der Waals surface area (Å²) < 4.78 is 31.7. The smallest absolute Gasteiger partial charge is 0.324 e. The van der Waals surface area contributed by atoms with Gasteiger partial charge in [0.25, 0.3) is 11.6 Å². The van der Waals surface area contributed by atoms with Crippen LogP contribution >= 0.6 is 23.2 Å². The minimum Gasteiger partial charge on any atom is -0.454 e. The summed E-state index contributed by atoms with van der Waals surface area (Å²) in [7, 11) is -4.12. The number of esters is 1. The van der Waals surface area contributed by atoms with Gasteiger partial charge in [0.2, 0.25) is 10.0 Å². The Kier molecular flexibility index (Phi) is 8.18. The van der Waals surface area contributed by atoms with Crippen LogP contribution in [0.1, 0.15) is 18.1 Å². The molecule has 2 rings (SSSR count). The summed E-state index contributed by atoms with van der Waals surface area (Å²) in [6.45, 7) is 3.86. The molecule has 32 heavy (non-hydrogen) atoms. The van der Waals surface area contributed by atoms with E-state index in [0.29, 0.717) is 11.1 Å². The summed E-state index contributed by atoms with van der Waals surface area (Å²) in [5.74, 6) is -1.86. The average molecular weight is 504 g/mol. The molecular formula is C19H19Cl2N3O7S. The van der Waals surface area contributed by atoms with Gasteiger partial charge in [0.15, 0.2) is 6.61 Å². The molecule has 172 valence electrons. The lowest BCUT2D eigenvalue weighted by molar-refractivity contribution is -0.384. The number of aryl methyl sites for hydroxylation is 2. The van der Waals surface area contributed by atoms with Gasteiger partial charge in [-0.3, -0.25) is 19.7 Å². The molecule has 0 unspecified atom stereocenters. The number of carbonyl (C=O) groups excluding carboxylic acids is 2. The molecule has 0 aromatic heterocycles. The SMILES string of the molecule is Cc1cc(NC(=O)COC(=O)[C@H](C)NS(=O)(=O)c2ccc(Cl)c(Cl)c2)c([N+](=O)[O-])cc1C. The maximum absolute atomic E-state index is 12.4. The molecule has 0 saturated carbocycles. The molecular weight excluding hydrogens is 485 g/mol. The first-order chi connectivity index (χ1) is 14.8. The largest absolute Gasteiger partial charge is 0.454 e. The molecule has 0 aliphatic heterocycles. The number of amides is 1. The van der Waals surface area contributed by atoms with Crippen molar-refractivity contribution >= 4 is 56.5 Å². The number of rotatable bonds is 8. The second kappa shape index (κ2) is 10.3. The van der Waals surface area contributed by atoms with Crippen LogP contribution in [-0.4, -0.2) is 37.9 Å². The molecule has 0 aliphatic rings. The van der Waals surface area contributed by atoms with Crippen LogP contribution < -0.4 is 10.0 Å². The maximum Gasteiger partial charge on any atom is 0.324 e. The number of anilines is 1. The minimum atomic E-state index is -4.12. The Morgan fingerprint density at radius 3 is 2.34 bits per heavy atom. The lowest BCUT2D eigenvalue weighted by atomic mass is 10.1. The lowest BCUT2D eigenvalue weighted by Crippen LogP contribution is -2.40. The van der Waals surface area contributed by atoms with Gasteiger partial charge in [-0.2, -0.15) is 4.72 Å². The van der Waals surface area contributed by atoms with E-state index in [0.717, 1.165) is 6.07 Å². The summed E-state index contributed by atoms with van der Waals surface area (Å²) in [6, 6.07) is 5.03. The van der Waals surface area contributed by atoms with Crippen molar-refractivity contribution < 1.29 is 27.7 Å². The van der Waals surface area contributed by atoms with Crippen LogP contribution in [-0.2, 0) is 24.3 Å². The third-order valence-electron chi connectivity index (χ3n) is 4.32. The second-order valence-corrected chi connectivity index (χ2v) is 9.31. The topological polar surface area (TPSA) is 145 Å². The first-order valence-electron chi connectivity index (χ1n) is 9.01. The molecule has 0 radical (unpaired) electrons. The van der Waals surface area contributed by atoms with E-state index in [-0.39, 0.29) is 26.3 Å². The number of hydrogen-bond donors (Lipinski definition) is 2. The molecule has 2 aromatic carbocycles. The molecule has 1 atom stereocenters. The van der Waals surface area contributed by atoms with Gasteiger partial charge in [-0.1, -0.05) is 23.2 Å². The van der Waals surface area contributed by atoms with Crippen molar-refractivity contribution in [2.45, 2.75) is 31.7 Å². The van der Waals surface area contributed by atoms with E-state index < -0.39 is 39.5 Å². The van der Waals surface area contributed by atoms with E-state index in [1.165, 1.54) is 31.2 Å².